The van der Waals surface area contributed by atoms with Gasteiger partial charge in [-0.15, -0.1) is 12.4 Å². The first-order chi connectivity index (χ1) is 8.52. The lowest BCUT2D eigenvalue weighted by molar-refractivity contribution is -0.137. The fourth-order valence-electron chi connectivity index (χ4n) is 2.00. The summed E-state index contributed by atoms with van der Waals surface area (Å²) in [6.45, 7) is 0.929. The average molecular weight is 294 g/mol. The molecule has 0 amide bonds. The number of alkyl halides is 3. The lowest BCUT2D eigenvalue weighted by Gasteiger charge is -2.19. The highest BCUT2D eigenvalue weighted by molar-refractivity contribution is 5.85. The van der Waals surface area contributed by atoms with Gasteiger partial charge in [-0.25, -0.2) is 0 Å². The standard InChI is InChI=1S/C13H14F3NO.ClH/c14-13(15,16)12-7-9(8-17)1-2-11(12)10-3-5-18-6-4-10;/h1-3,7H,4-6,8,17H2;1H. The van der Waals surface area contributed by atoms with Crippen LogP contribution >= 0.6 is 12.4 Å². The molecule has 1 aromatic carbocycles. The largest absolute Gasteiger partial charge is 0.417 e. The Balaban J connectivity index is 0.00000180. The molecule has 0 aliphatic carbocycles. The van der Waals surface area contributed by atoms with E-state index in [0.717, 1.165) is 6.07 Å². The van der Waals surface area contributed by atoms with Crippen LogP contribution in [0.15, 0.2) is 24.3 Å². The van der Waals surface area contributed by atoms with Gasteiger partial charge in [0.1, 0.15) is 0 Å². The zero-order chi connectivity index (χ0) is 13.2. The Morgan fingerprint density at radius 1 is 1.26 bits per heavy atom. The summed E-state index contributed by atoms with van der Waals surface area (Å²) in [6.07, 6.45) is -2.15. The molecule has 0 fully saturated rings. The number of ether oxygens (including phenoxy) is 1. The second-order valence-corrected chi connectivity index (χ2v) is 4.14. The lowest BCUT2D eigenvalue weighted by Crippen LogP contribution is -2.13. The minimum Gasteiger partial charge on any atom is -0.377 e. The summed E-state index contributed by atoms with van der Waals surface area (Å²) in [7, 11) is 0. The molecule has 1 aliphatic rings. The van der Waals surface area contributed by atoms with Crippen LogP contribution in [0.3, 0.4) is 0 Å². The van der Waals surface area contributed by atoms with Crippen LogP contribution < -0.4 is 5.73 Å². The topological polar surface area (TPSA) is 35.2 Å². The monoisotopic (exact) mass is 293 g/mol. The third-order valence-electron chi connectivity index (χ3n) is 2.93. The van der Waals surface area contributed by atoms with E-state index in [1.54, 1.807) is 12.1 Å². The number of benzene rings is 1. The zero-order valence-corrected chi connectivity index (χ0v) is 11.0. The molecule has 1 aliphatic heterocycles. The fourth-order valence-corrected chi connectivity index (χ4v) is 2.00. The van der Waals surface area contributed by atoms with E-state index < -0.39 is 11.7 Å². The molecule has 1 aromatic rings. The minimum atomic E-state index is -4.36. The number of nitrogens with two attached hydrogens (primary N) is 1. The van der Waals surface area contributed by atoms with Crippen molar-refractivity contribution in [2.24, 2.45) is 5.73 Å². The van der Waals surface area contributed by atoms with Crippen LogP contribution in [0, 0.1) is 0 Å². The Kier molecular flexibility index (Phi) is 5.40. The average Bonchev–Trinajstić information content (AvgIpc) is 2.38. The van der Waals surface area contributed by atoms with Crippen LogP contribution in [0.4, 0.5) is 13.2 Å². The van der Waals surface area contributed by atoms with E-state index in [4.69, 9.17) is 10.5 Å². The molecule has 2 N–H and O–H groups in total. The second kappa shape index (κ2) is 6.41. The molecular weight excluding hydrogens is 279 g/mol. The molecule has 0 radical (unpaired) electrons. The highest BCUT2D eigenvalue weighted by Crippen LogP contribution is 2.37. The van der Waals surface area contributed by atoms with E-state index in [1.165, 1.54) is 6.07 Å². The number of rotatable bonds is 2. The molecule has 6 heteroatoms. The number of halogens is 4. The van der Waals surface area contributed by atoms with Crippen molar-refractivity contribution in [3.63, 3.8) is 0 Å². The minimum absolute atomic E-state index is 0. The van der Waals surface area contributed by atoms with Gasteiger partial charge in [-0.2, -0.15) is 13.2 Å². The molecule has 19 heavy (non-hydrogen) atoms. The Bertz CT molecular complexity index is 471. The summed E-state index contributed by atoms with van der Waals surface area (Å²) in [5.41, 5.74) is 6.19. The van der Waals surface area contributed by atoms with Gasteiger partial charge in [0.2, 0.25) is 0 Å². The molecule has 106 valence electrons. The molecule has 2 rings (SSSR count). The van der Waals surface area contributed by atoms with Crippen molar-refractivity contribution in [2.45, 2.75) is 19.1 Å². The number of hydrogen-bond acceptors (Lipinski definition) is 2. The maximum absolute atomic E-state index is 13.0. The molecular formula is C13H15ClF3NO. The summed E-state index contributed by atoms with van der Waals surface area (Å²) in [5, 5.41) is 0. The Morgan fingerprint density at radius 2 is 2.00 bits per heavy atom. The zero-order valence-electron chi connectivity index (χ0n) is 10.2. The highest BCUT2D eigenvalue weighted by atomic mass is 35.5. The van der Waals surface area contributed by atoms with Crippen molar-refractivity contribution < 1.29 is 17.9 Å². The van der Waals surface area contributed by atoms with Crippen LogP contribution in [0.2, 0.25) is 0 Å². The van der Waals surface area contributed by atoms with Gasteiger partial charge in [0.25, 0.3) is 0 Å². The van der Waals surface area contributed by atoms with Crippen molar-refractivity contribution in [1.29, 1.82) is 0 Å². The molecule has 0 bridgehead atoms. The van der Waals surface area contributed by atoms with Gasteiger partial charge in [-0.05, 0) is 29.2 Å². The highest BCUT2D eigenvalue weighted by Gasteiger charge is 2.34. The van der Waals surface area contributed by atoms with Crippen LogP contribution in [0.1, 0.15) is 23.1 Å². The molecule has 0 aromatic heterocycles. The van der Waals surface area contributed by atoms with Gasteiger partial charge in [0.05, 0.1) is 18.8 Å². The van der Waals surface area contributed by atoms with Crippen LogP contribution in [0.25, 0.3) is 5.57 Å². The van der Waals surface area contributed by atoms with Crippen molar-refractivity contribution >= 4 is 18.0 Å². The number of hydrogen-bond donors (Lipinski definition) is 1. The first kappa shape index (κ1) is 16.0. The summed E-state index contributed by atoms with van der Waals surface area (Å²) in [6, 6.07) is 4.27. The van der Waals surface area contributed by atoms with E-state index in [1.807, 2.05) is 0 Å². The predicted octanol–water partition coefficient (Wildman–Crippen LogP) is 3.39. The maximum Gasteiger partial charge on any atom is 0.417 e. The van der Waals surface area contributed by atoms with E-state index in [0.29, 0.717) is 30.8 Å². The Hall–Kier alpha value is -1.04. The van der Waals surface area contributed by atoms with E-state index in [-0.39, 0.29) is 24.5 Å². The van der Waals surface area contributed by atoms with Crippen LogP contribution in [0.5, 0.6) is 0 Å². The second-order valence-electron chi connectivity index (χ2n) is 4.14. The van der Waals surface area contributed by atoms with Crippen molar-refractivity contribution in [3.05, 3.63) is 41.0 Å². The summed E-state index contributed by atoms with van der Waals surface area (Å²) in [5.74, 6) is 0. The third-order valence-corrected chi connectivity index (χ3v) is 2.93. The maximum atomic E-state index is 13.0. The molecule has 2 nitrogen and oxygen atoms in total. The van der Waals surface area contributed by atoms with E-state index in [2.05, 4.69) is 0 Å². The van der Waals surface area contributed by atoms with Crippen molar-refractivity contribution in [1.82, 2.24) is 0 Å². The fraction of sp³-hybridized carbons (Fsp3) is 0.385. The summed E-state index contributed by atoms with van der Waals surface area (Å²) in [4.78, 5) is 0. The quantitative estimate of drug-likeness (QED) is 0.907. The van der Waals surface area contributed by atoms with E-state index in [9.17, 15) is 13.2 Å². The first-order valence-corrected chi connectivity index (χ1v) is 5.69. The molecule has 0 spiro atoms. The molecule has 0 saturated heterocycles. The molecule has 0 saturated carbocycles. The van der Waals surface area contributed by atoms with Gasteiger partial charge in [-0.1, -0.05) is 18.2 Å². The molecule has 1 heterocycles. The third kappa shape index (κ3) is 3.72. The van der Waals surface area contributed by atoms with Gasteiger partial charge in [-0.3, -0.25) is 0 Å². The SMILES string of the molecule is Cl.NCc1ccc(C2=CCOCC2)c(C(F)(F)F)c1. The lowest BCUT2D eigenvalue weighted by atomic mass is 9.94. The Morgan fingerprint density at radius 3 is 2.53 bits per heavy atom. The van der Waals surface area contributed by atoms with Crippen LogP contribution in [-0.4, -0.2) is 13.2 Å². The predicted molar refractivity (Wildman–Crippen MR) is 70.0 cm³/mol. The smallest absolute Gasteiger partial charge is 0.377 e. The van der Waals surface area contributed by atoms with Gasteiger partial charge in [0, 0.05) is 6.54 Å². The van der Waals surface area contributed by atoms with Gasteiger partial charge in [0.15, 0.2) is 0 Å². The van der Waals surface area contributed by atoms with Crippen LogP contribution in [-0.2, 0) is 17.5 Å². The summed E-state index contributed by atoms with van der Waals surface area (Å²) < 4.78 is 44.2. The van der Waals surface area contributed by atoms with Crippen molar-refractivity contribution in [3.8, 4) is 0 Å². The molecule has 0 unspecified atom stereocenters. The molecule has 0 atom stereocenters. The summed E-state index contributed by atoms with van der Waals surface area (Å²) >= 11 is 0. The van der Waals surface area contributed by atoms with E-state index >= 15 is 0 Å². The first-order valence-electron chi connectivity index (χ1n) is 5.69. The Labute approximate surface area is 115 Å². The van der Waals surface area contributed by atoms with Gasteiger partial charge >= 0.3 is 6.18 Å². The van der Waals surface area contributed by atoms with Gasteiger partial charge < -0.3 is 10.5 Å². The van der Waals surface area contributed by atoms with Crippen molar-refractivity contribution in [2.75, 3.05) is 13.2 Å². The normalized spacial score (nSPS) is 15.7.